The summed E-state index contributed by atoms with van der Waals surface area (Å²) in [6.45, 7) is 0. The number of rotatable bonds is 2. The Morgan fingerprint density at radius 1 is 1.40 bits per heavy atom. The molecule has 0 aliphatic rings. The molecule has 2 rings (SSSR count). The van der Waals surface area contributed by atoms with Crippen LogP contribution in [0.3, 0.4) is 0 Å². The Bertz CT molecular complexity index is 490. The first-order valence-electron chi connectivity index (χ1n) is 4.20. The highest BCUT2D eigenvalue weighted by molar-refractivity contribution is 5.38. The molecule has 0 N–H and O–H groups in total. The largest absolute Gasteiger partial charge is 0.288 e. The molecule has 0 amide bonds. The number of nitro groups is 1. The number of hydrogen-bond acceptors (Lipinski definition) is 4. The molecule has 1 aromatic carbocycles. The maximum absolute atomic E-state index is 10.4. The Kier molecular flexibility index (Phi) is 2.13. The van der Waals surface area contributed by atoms with Gasteiger partial charge in [-0.25, -0.2) is 0 Å². The lowest BCUT2D eigenvalue weighted by Gasteiger charge is -1.96. The number of hydrogen-bond donors (Lipinski definition) is 0. The Hall–Kier alpha value is -2.31. The van der Waals surface area contributed by atoms with Crippen LogP contribution in [0, 0.1) is 10.1 Å². The van der Waals surface area contributed by atoms with Gasteiger partial charge in [-0.3, -0.25) is 10.1 Å². The third-order valence-corrected chi connectivity index (χ3v) is 1.95. The molecule has 7 heteroatoms. The van der Waals surface area contributed by atoms with Gasteiger partial charge in [0.15, 0.2) is 5.21 Å². The van der Waals surface area contributed by atoms with Crippen LogP contribution in [0.2, 0.25) is 0 Å². The van der Waals surface area contributed by atoms with Gasteiger partial charge in [0.2, 0.25) is 0 Å². The summed E-state index contributed by atoms with van der Waals surface area (Å²) in [5.41, 5.74) is 0.780. The van der Waals surface area contributed by atoms with Crippen LogP contribution in [0.25, 0.3) is 5.69 Å². The van der Waals surface area contributed by atoms with E-state index in [1.54, 1.807) is 30.2 Å². The van der Waals surface area contributed by atoms with Gasteiger partial charge in [0, 0.05) is 12.1 Å². The van der Waals surface area contributed by atoms with Crippen molar-refractivity contribution in [2.75, 3.05) is 0 Å². The molecule has 76 valence electrons. The topological polar surface area (TPSA) is 77.7 Å². The van der Waals surface area contributed by atoms with Crippen molar-refractivity contribution in [3.05, 3.63) is 40.7 Å². The third kappa shape index (κ3) is 1.66. The van der Waals surface area contributed by atoms with Crippen molar-refractivity contribution in [1.82, 2.24) is 15.1 Å². The van der Waals surface area contributed by atoms with E-state index in [4.69, 9.17) is 0 Å². The van der Waals surface area contributed by atoms with E-state index in [0.717, 1.165) is 5.69 Å². The van der Waals surface area contributed by atoms with Crippen LogP contribution >= 0.6 is 0 Å². The zero-order valence-corrected chi connectivity index (χ0v) is 7.94. The van der Waals surface area contributed by atoms with Crippen LogP contribution in [0.5, 0.6) is 0 Å². The summed E-state index contributed by atoms with van der Waals surface area (Å²) < 4.78 is 1.67. The van der Waals surface area contributed by atoms with E-state index in [0.29, 0.717) is 0 Å². The van der Waals surface area contributed by atoms with Crippen LogP contribution in [0.4, 0.5) is 5.69 Å². The maximum atomic E-state index is 10.4. The van der Waals surface area contributed by atoms with Crippen molar-refractivity contribution in [2.45, 2.75) is 0 Å². The van der Waals surface area contributed by atoms with Crippen LogP contribution in [0.1, 0.15) is 0 Å². The number of nitrogens with zero attached hydrogens (tertiary/aromatic N) is 5. The molecule has 7 nitrogen and oxygen atoms in total. The summed E-state index contributed by atoms with van der Waals surface area (Å²) >= 11 is 0. The molecule has 0 saturated heterocycles. The van der Waals surface area contributed by atoms with Crippen LogP contribution < -0.4 is 4.68 Å². The predicted octanol–water partition coefficient (Wildman–Crippen LogP) is -0.000000000000000333. The SMILES string of the molecule is C[n+]1cnnn1-c1ccc([N+](=O)[O-])cc1. The highest BCUT2D eigenvalue weighted by atomic mass is 16.6. The molecule has 0 atom stereocenters. The van der Waals surface area contributed by atoms with Crippen molar-refractivity contribution >= 4 is 5.69 Å². The Morgan fingerprint density at radius 2 is 2.07 bits per heavy atom. The first kappa shape index (κ1) is 9.25. The summed E-state index contributed by atoms with van der Waals surface area (Å²) in [6.07, 6.45) is 1.54. The average Bonchev–Trinajstić information content (AvgIpc) is 2.65. The van der Waals surface area contributed by atoms with Crippen molar-refractivity contribution in [3.8, 4) is 5.69 Å². The van der Waals surface area contributed by atoms with E-state index in [-0.39, 0.29) is 5.69 Å². The Morgan fingerprint density at radius 3 is 2.53 bits per heavy atom. The van der Waals surface area contributed by atoms with Gasteiger partial charge in [0.25, 0.3) is 12.0 Å². The number of aryl methyl sites for hydroxylation is 1. The highest BCUT2D eigenvalue weighted by Gasteiger charge is 2.10. The minimum absolute atomic E-state index is 0.0570. The van der Waals surface area contributed by atoms with Crippen molar-refractivity contribution in [1.29, 1.82) is 0 Å². The lowest BCUT2D eigenvalue weighted by atomic mass is 10.3. The zero-order valence-electron chi connectivity index (χ0n) is 7.94. The minimum Gasteiger partial charge on any atom is -0.258 e. The standard InChI is InChI=1S/C8H8N5O2/c1-11-6-9-10-12(11)7-2-4-8(5-3-7)13(14)15/h2-6H,1H3/q+1. The van der Waals surface area contributed by atoms with E-state index < -0.39 is 4.92 Å². The van der Waals surface area contributed by atoms with Gasteiger partial charge in [-0.15, -0.1) is 0 Å². The molecule has 0 saturated carbocycles. The van der Waals surface area contributed by atoms with Gasteiger partial charge in [-0.1, -0.05) is 0 Å². The highest BCUT2D eigenvalue weighted by Crippen LogP contribution is 2.12. The monoisotopic (exact) mass is 206 g/mol. The van der Waals surface area contributed by atoms with Gasteiger partial charge in [-0.05, 0) is 16.9 Å². The fraction of sp³-hybridized carbons (Fsp3) is 0.125. The first-order valence-corrected chi connectivity index (χ1v) is 4.20. The van der Waals surface area contributed by atoms with Gasteiger partial charge in [-0.2, -0.15) is 4.68 Å². The number of nitro benzene ring substituents is 1. The van der Waals surface area contributed by atoms with Crippen LogP contribution in [-0.2, 0) is 7.05 Å². The molecule has 0 aliphatic heterocycles. The number of aromatic nitrogens is 4. The van der Waals surface area contributed by atoms with Crippen molar-refractivity contribution in [3.63, 3.8) is 0 Å². The Labute approximate surface area is 84.7 Å². The van der Waals surface area contributed by atoms with Crippen molar-refractivity contribution < 1.29 is 9.61 Å². The molecule has 1 heterocycles. The summed E-state index contributed by atoms with van der Waals surface area (Å²) in [6, 6.07) is 6.09. The Balaban J connectivity index is 2.40. The number of non-ortho nitro benzene ring substituents is 1. The molecular weight excluding hydrogens is 198 g/mol. The molecule has 0 bridgehead atoms. The second-order valence-electron chi connectivity index (χ2n) is 2.96. The summed E-state index contributed by atoms with van der Waals surface area (Å²) in [5.74, 6) is 0. The second-order valence-corrected chi connectivity index (χ2v) is 2.96. The van der Waals surface area contributed by atoms with Gasteiger partial charge >= 0.3 is 0 Å². The lowest BCUT2D eigenvalue weighted by Crippen LogP contribution is -2.37. The molecule has 0 fully saturated rings. The molecule has 0 unspecified atom stereocenters. The van der Waals surface area contributed by atoms with Gasteiger partial charge in [0.05, 0.1) is 12.0 Å². The fourth-order valence-electron chi connectivity index (χ4n) is 1.20. The predicted molar refractivity (Wildman–Crippen MR) is 49.2 cm³/mol. The minimum atomic E-state index is -0.439. The van der Waals surface area contributed by atoms with E-state index in [9.17, 15) is 10.1 Å². The average molecular weight is 206 g/mol. The zero-order chi connectivity index (χ0) is 10.8. The molecule has 2 aromatic rings. The summed E-state index contributed by atoms with van der Waals surface area (Å²) in [5, 5.41) is 17.9. The van der Waals surface area contributed by atoms with E-state index >= 15 is 0 Å². The lowest BCUT2D eigenvalue weighted by molar-refractivity contribution is -0.749. The van der Waals surface area contributed by atoms with Crippen LogP contribution in [-0.4, -0.2) is 20.0 Å². The van der Waals surface area contributed by atoms with Gasteiger partial charge in [0.1, 0.15) is 10.8 Å². The normalized spacial score (nSPS) is 10.2. The quantitative estimate of drug-likeness (QED) is 0.393. The van der Waals surface area contributed by atoms with Crippen LogP contribution in [0.15, 0.2) is 30.6 Å². The second kappa shape index (κ2) is 3.45. The van der Waals surface area contributed by atoms with E-state index in [1.807, 2.05) is 0 Å². The molecule has 0 spiro atoms. The number of benzene rings is 1. The summed E-state index contributed by atoms with van der Waals surface area (Å²) in [7, 11) is 1.78. The first-order chi connectivity index (χ1) is 7.18. The number of tetrazole rings is 1. The summed E-state index contributed by atoms with van der Waals surface area (Å²) in [4.78, 5) is 11.5. The van der Waals surface area contributed by atoms with E-state index in [2.05, 4.69) is 10.3 Å². The van der Waals surface area contributed by atoms with E-state index in [1.165, 1.54) is 16.9 Å². The third-order valence-electron chi connectivity index (χ3n) is 1.95. The molecule has 0 aliphatic carbocycles. The molecule has 15 heavy (non-hydrogen) atoms. The van der Waals surface area contributed by atoms with Crippen molar-refractivity contribution in [2.24, 2.45) is 7.05 Å². The smallest absolute Gasteiger partial charge is 0.258 e. The molecule has 1 aromatic heterocycles. The molecular formula is C8H8N5O2+. The molecule has 0 radical (unpaired) electrons. The fourth-order valence-corrected chi connectivity index (χ4v) is 1.20. The maximum Gasteiger partial charge on any atom is 0.288 e. The van der Waals surface area contributed by atoms with Gasteiger partial charge < -0.3 is 0 Å².